The van der Waals surface area contributed by atoms with Crippen LogP contribution in [0.4, 0.5) is 5.69 Å². The van der Waals surface area contributed by atoms with Gasteiger partial charge in [0, 0.05) is 28.7 Å². The Bertz CT molecular complexity index is 925. The fraction of sp³-hybridized carbons (Fsp3) is 0.273. The quantitative estimate of drug-likeness (QED) is 0.673. The monoisotopic (exact) mass is 393 g/mol. The molecule has 1 fully saturated rings. The normalized spacial score (nSPS) is 16.8. The molecule has 1 aliphatic rings. The van der Waals surface area contributed by atoms with Crippen LogP contribution in [0.25, 0.3) is 11.3 Å². The second-order valence-electron chi connectivity index (χ2n) is 6.88. The van der Waals surface area contributed by atoms with Gasteiger partial charge < -0.3 is 10.1 Å². The van der Waals surface area contributed by atoms with Crippen LogP contribution in [0.5, 0.6) is 5.75 Å². The smallest absolute Gasteiger partial charge is 0.241 e. The van der Waals surface area contributed by atoms with Gasteiger partial charge in [0.1, 0.15) is 5.75 Å². The summed E-state index contributed by atoms with van der Waals surface area (Å²) in [7, 11) is 1.68. The topological polar surface area (TPSA) is 54.5 Å². The van der Waals surface area contributed by atoms with Gasteiger partial charge in [-0.25, -0.2) is 4.98 Å². The van der Waals surface area contributed by atoms with E-state index in [-0.39, 0.29) is 11.9 Å². The van der Waals surface area contributed by atoms with E-state index in [0.717, 1.165) is 47.6 Å². The van der Waals surface area contributed by atoms with Gasteiger partial charge in [0.15, 0.2) is 0 Å². The van der Waals surface area contributed by atoms with E-state index in [1.165, 1.54) is 0 Å². The van der Waals surface area contributed by atoms with E-state index >= 15 is 0 Å². The van der Waals surface area contributed by atoms with Crippen LogP contribution >= 0.6 is 11.3 Å². The number of benzene rings is 2. The predicted octanol–water partition coefficient (Wildman–Crippen LogP) is 4.42. The third kappa shape index (κ3) is 4.08. The molecule has 2 heterocycles. The highest BCUT2D eigenvalue weighted by Gasteiger charge is 2.31. The number of carbonyl (C=O) groups excluding carboxylic acids is 1. The molecule has 0 saturated carbocycles. The Morgan fingerprint density at radius 2 is 2.07 bits per heavy atom. The second-order valence-corrected chi connectivity index (χ2v) is 7.60. The number of hydrogen-bond acceptors (Lipinski definition) is 5. The van der Waals surface area contributed by atoms with E-state index in [1.54, 1.807) is 18.4 Å². The number of carbonyl (C=O) groups is 1. The minimum Gasteiger partial charge on any atom is -0.496 e. The van der Waals surface area contributed by atoms with Gasteiger partial charge in [-0.15, -0.1) is 11.3 Å². The van der Waals surface area contributed by atoms with Crippen molar-refractivity contribution in [2.45, 2.75) is 25.4 Å². The van der Waals surface area contributed by atoms with E-state index in [9.17, 15) is 4.79 Å². The largest absolute Gasteiger partial charge is 0.496 e. The molecule has 6 heteroatoms. The summed E-state index contributed by atoms with van der Waals surface area (Å²) < 4.78 is 5.46. The van der Waals surface area contributed by atoms with E-state index in [4.69, 9.17) is 4.74 Å². The van der Waals surface area contributed by atoms with Gasteiger partial charge in [-0.05, 0) is 37.6 Å². The van der Waals surface area contributed by atoms with E-state index in [2.05, 4.69) is 21.3 Å². The molecule has 5 nitrogen and oxygen atoms in total. The summed E-state index contributed by atoms with van der Waals surface area (Å²) in [5.41, 5.74) is 5.76. The summed E-state index contributed by atoms with van der Waals surface area (Å²) in [6.45, 7) is 1.63. The molecule has 1 amide bonds. The van der Waals surface area contributed by atoms with Gasteiger partial charge in [-0.3, -0.25) is 9.69 Å². The van der Waals surface area contributed by atoms with Crippen LogP contribution in [-0.4, -0.2) is 35.5 Å². The molecule has 144 valence electrons. The summed E-state index contributed by atoms with van der Waals surface area (Å²) in [5.74, 6) is 0.917. The maximum atomic E-state index is 12.9. The van der Waals surface area contributed by atoms with Gasteiger partial charge in [-0.1, -0.05) is 30.3 Å². The zero-order valence-electron chi connectivity index (χ0n) is 15.8. The highest BCUT2D eigenvalue weighted by molar-refractivity contribution is 7.07. The van der Waals surface area contributed by atoms with E-state index in [1.807, 2.05) is 53.4 Å². The van der Waals surface area contributed by atoms with E-state index < -0.39 is 0 Å². The number of ether oxygens (including phenoxy) is 1. The minimum atomic E-state index is -0.122. The first-order chi connectivity index (χ1) is 13.7. The number of aromatic nitrogens is 1. The Balaban J connectivity index is 1.42. The van der Waals surface area contributed by atoms with Crippen LogP contribution in [0.2, 0.25) is 0 Å². The molecular weight excluding hydrogens is 370 g/mol. The molecule has 0 aliphatic carbocycles. The van der Waals surface area contributed by atoms with Crippen LogP contribution < -0.4 is 10.1 Å². The zero-order chi connectivity index (χ0) is 19.3. The minimum absolute atomic E-state index is 0.0498. The molecule has 1 unspecified atom stereocenters. The number of nitrogens with one attached hydrogen (secondary N) is 1. The number of thiazole rings is 1. The van der Waals surface area contributed by atoms with Crippen LogP contribution in [-0.2, 0) is 11.3 Å². The first kappa shape index (κ1) is 18.7. The zero-order valence-corrected chi connectivity index (χ0v) is 16.6. The summed E-state index contributed by atoms with van der Waals surface area (Å²) in [4.78, 5) is 19.4. The Hall–Kier alpha value is -2.70. The molecule has 1 N–H and O–H groups in total. The predicted molar refractivity (Wildman–Crippen MR) is 113 cm³/mol. The molecule has 0 radical (unpaired) electrons. The van der Waals surface area contributed by atoms with Crippen molar-refractivity contribution in [1.29, 1.82) is 0 Å². The number of anilines is 1. The van der Waals surface area contributed by atoms with E-state index in [0.29, 0.717) is 6.54 Å². The molecule has 28 heavy (non-hydrogen) atoms. The average Bonchev–Trinajstić information content (AvgIpc) is 3.41. The number of para-hydroxylation sites is 1. The first-order valence-corrected chi connectivity index (χ1v) is 10.3. The third-order valence-corrected chi connectivity index (χ3v) is 5.70. The van der Waals surface area contributed by atoms with Crippen LogP contribution in [0.1, 0.15) is 18.4 Å². The Morgan fingerprint density at radius 3 is 2.82 bits per heavy atom. The van der Waals surface area contributed by atoms with Crippen molar-refractivity contribution in [2.24, 2.45) is 0 Å². The lowest BCUT2D eigenvalue weighted by molar-refractivity contribution is -0.120. The van der Waals surface area contributed by atoms with Crippen LogP contribution in [0.15, 0.2) is 59.4 Å². The fourth-order valence-corrected chi connectivity index (χ4v) is 4.23. The molecule has 1 saturated heterocycles. The molecule has 1 aromatic heterocycles. The average molecular weight is 394 g/mol. The lowest BCUT2D eigenvalue weighted by Gasteiger charge is -2.24. The summed E-state index contributed by atoms with van der Waals surface area (Å²) in [5, 5.41) is 5.09. The SMILES string of the molecule is COc1ccccc1CN1CCCC1C(=O)Nc1ccc(-c2cscn2)cc1. The maximum absolute atomic E-state index is 12.9. The molecule has 2 aromatic carbocycles. The molecule has 0 spiro atoms. The molecule has 1 aliphatic heterocycles. The summed E-state index contributed by atoms with van der Waals surface area (Å²) >= 11 is 1.57. The lowest BCUT2D eigenvalue weighted by atomic mass is 10.1. The molecular formula is C22H23N3O2S. The van der Waals surface area contributed by atoms with Gasteiger partial charge in [0.2, 0.25) is 5.91 Å². The van der Waals surface area contributed by atoms with Crippen molar-refractivity contribution >= 4 is 22.9 Å². The Kier molecular flexibility index (Phi) is 5.69. The Labute approximate surface area is 169 Å². The molecule has 1 atom stereocenters. The Morgan fingerprint density at radius 1 is 1.25 bits per heavy atom. The van der Waals surface area contributed by atoms with Crippen LogP contribution in [0, 0.1) is 0 Å². The third-order valence-electron chi connectivity index (χ3n) is 5.11. The number of nitrogens with zero attached hydrogens (tertiary/aromatic N) is 2. The molecule has 0 bridgehead atoms. The number of amides is 1. The van der Waals surface area contributed by atoms with Crippen molar-refractivity contribution in [1.82, 2.24) is 9.88 Å². The highest BCUT2D eigenvalue weighted by atomic mass is 32.1. The standard InChI is InChI=1S/C22H23N3O2S/c1-27-21-7-3-2-5-17(21)13-25-12-4-6-20(25)22(26)24-18-10-8-16(9-11-18)19-14-28-15-23-19/h2-3,5,7-11,14-15,20H,4,6,12-13H2,1H3,(H,24,26). The van der Waals surface area contributed by atoms with Gasteiger partial charge >= 0.3 is 0 Å². The van der Waals surface area contributed by atoms with Crippen molar-refractivity contribution < 1.29 is 9.53 Å². The van der Waals surface area contributed by atoms with Crippen molar-refractivity contribution in [3.05, 3.63) is 65.0 Å². The highest BCUT2D eigenvalue weighted by Crippen LogP contribution is 2.26. The van der Waals surface area contributed by atoms with Crippen molar-refractivity contribution in [2.75, 3.05) is 19.0 Å². The van der Waals surface area contributed by atoms with Crippen molar-refractivity contribution in [3.63, 3.8) is 0 Å². The van der Waals surface area contributed by atoms with Crippen LogP contribution in [0.3, 0.4) is 0 Å². The van der Waals surface area contributed by atoms with Gasteiger partial charge in [0.05, 0.1) is 24.4 Å². The first-order valence-electron chi connectivity index (χ1n) is 9.40. The number of likely N-dealkylation sites (tertiary alicyclic amines) is 1. The number of methoxy groups -OCH3 is 1. The fourth-order valence-electron chi connectivity index (χ4n) is 3.67. The lowest BCUT2D eigenvalue weighted by Crippen LogP contribution is -2.39. The van der Waals surface area contributed by atoms with Gasteiger partial charge in [-0.2, -0.15) is 0 Å². The van der Waals surface area contributed by atoms with Crippen molar-refractivity contribution in [3.8, 4) is 17.0 Å². The summed E-state index contributed by atoms with van der Waals surface area (Å²) in [6.07, 6.45) is 1.90. The number of rotatable bonds is 6. The maximum Gasteiger partial charge on any atom is 0.241 e. The number of hydrogen-bond donors (Lipinski definition) is 1. The molecule has 3 aromatic rings. The molecule has 4 rings (SSSR count). The van der Waals surface area contributed by atoms with Gasteiger partial charge in [0.25, 0.3) is 0 Å². The summed E-state index contributed by atoms with van der Waals surface area (Å²) in [6, 6.07) is 15.7. The second kappa shape index (κ2) is 8.54.